The van der Waals surface area contributed by atoms with Gasteiger partial charge >= 0.3 is 0 Å². The highest BCUT2D eigenvalue weighted by Gasteiger charge is 2.03. The number of anilines is 1. The van der Waals surface area contributed by atoms with Gasteiger partial charge in [0, 0.05) is 16.8 Å². The third kappa shape index (κ3) is 2.65. The first kappa shape index (κ1) is 12.1. The van der Waals surface area contributed by atoms with Crippen molar-refractivity contribution in [1.29, 1.82) is 10.5 Å². The molecule has 0 aliphatic carbocycles. The Hall–Kier alpha value is -2.37. The molecule has 0 amide bonds. The molecule has 5 heteroatoms. The summed E-state index contributed by atoms with van der Waals surface area (Å²) in [7, 11) is 0. The van der Waals surface area contributed by atoms with E-state index >= 15 is 0 Å². The zero-order valence-electron chi connectivity index (χ0n) is 9.77. The Bertz CT molecular complexity index is 646. The summed E-state index contributed by atoms with van der Waals surface area (Å²) in [6, 6.07) is 9.12. The molecule has 0 radical (unpaired) electrons. The fourth-order valence-corrected chi connectivity index (χ4v) is 2.22. The molecule has 0 saturated carbocycles. The molecule has 0 unspecified atom stereocenters. The highest BCUT2D eigenvalue weighted by Crippen LogP contribution is 2.16. The first-order chi connectivity index (χ1) is 8.72. The van der Waals surface area contributed by atoms with E-state index in [1.165, 1.54) is 0 Å². The van der Waals surface area contributed by atoms with Crippen LogP contribution in [0.15, 0.2) is 23.6 Å². The van der Waals surface area contributed by atoms with Gasteiger partial charge in [0.15, 0.2) is 0 Å². The largest absolute Gasteiger partial charge is 0.378 e. The summed E-state index contributed by atoms with van der Waals surface area (Å²) in [6.07, 6.45) is 0. The predicted molar refractivity (Wildman–Crippen MR) is 70.0 cm³/mol. The second kappa shape index (κ2) is 5.31. The molecule has 2 aromatic rings. The maximum absolute atomic E-state index is 8.92. The van der Waals surface area contributed by atoms with Crippen molar-refractivity contribution in [3.05, 3.63) is 45.4 Å². The van der Waals surface area contributed by atoms with Crippen LogP contribution in [0.5, 0.6) is 0 Å². The molecule has 0 aliphatic heterocycles. The fraction of sp³-hybridized carbons (Fsp3) is 0.154. The van der Waals surface area contributed by atoms with Crippen LogP contribution in [0.25, 0.3) is 0 Å². The standard InChI is InChI=1S/C13H10N4S/c1-9-8-18-13(17-9)7-16-12-3-2-10(5-14)11(4-12)6-15/h2-4,8,16H,7H2,1H3. The smallest absolute Gasteiger partial charge is 0.112 e. The first-order valence-electron chi connectivity index (χ1n) is 5.32. The van der Waals surface area contributed by atoms with Crippen molar-refractivity contribution in [2.45, 2.75) is 13.5 Å². The van der Waals surface area contributed by atoms with Crippen LogP contribution in [0.1, 0.15) is 21.8 Å². The maximum Gasteiger partial charge on any atom is 0.112 e. The molecule has 1 N–H and O–H groups in total. The van der Waals surface area contributed by atoms with E-state index in [0.29, 0.717) is 17.7 Å². The lowest BCUT2D eigenvalue weighted by molar-refractivity contribution is 1.08. The summed E-state index contributed by atoms with van der Waals surface area (Å²) in [5.74, 6) is 0. The van der Waals surface area contributed by atoms with E-state index in [9.17, 15) is 0 Å². The van der Waals surface area contributed by atoms with Crippen LogP contribution in [0.2, 0.25) is 0 Å². The molecule has 2 rings (SSSR count). The average molecular weight is 254 g/mol. The number of hydrogen-bond acceptors (Lipinski definition) is 5. The lowest BCUT2D eigenvalue weighted by Crippen LogP contribution is -1.99. The lowest BCUT2D eigenvalue weighted by atomic mass is 10.1. The van der Waals surface area contributed by atoms with Crippen LogP contribution in [0, 0.1) is 29.6 Å². The van der Waals surface area contributed by atoms with E-state index in [0.717, 1.165) is 16.4 Å². The van der Waals surface area contributed by atoms with Crippen molar-refractivity contribution >= 4 is 17.0 Å². The number of aryl methyl sites for hydroxylation is 1. The van der Waals surface area contributed by atoms with Gasteiger partial charge in [-0.3, -0.25) is 0 Å². The Kier molecular flexibility index (Phi) is 3.57. The Labute approximate surface area is 109 Å². The summed E-state index contributed by atoms with van der Waals surface area (Å²) in [4.78, 5) is 4.34. The Morgan fingerprint density at radius 1 is 1.28 bits per heavy atom. The fourth-order valence-electron chi connectivity index (χ4n) is 1.51. The average Bonchev–Trinajstić information content (AvgIpc) is 2.81. The molecule has 0 spiro atoms. The molecule has 1 heterocycles. The summed E-state index contributed by atoms with van der Waals surface area (Å²) in [6.45, 7) is 2.57. The number of nitriles is 2. The van der Waals surface area contributed by atoms with Gasteiger partial charge in [-0.15, -0.1) is 11.3 Å². The number of nitrogens with zero attached hydrogens (tertiary/aromatic N) is 3. The topological polar surface area (TPSA) is 72.5 Å². The van der Waals surface area contributed by atoms with Gasteiger partial charge in [0.2, 0.25) is 0 Å². The number of aromatic nitrogens is 1. The SMILES string of the molecule is Cc1csc(CNc2ccc(C#N)c(C#N)c2)n1. The van der Waals surface area contributed by atoms with Gasteiger partial charge in [-0.25, -0.2) is 4.98 Å². The second-order valence-corrected chi connectivity index (χ2v) is 4.66. The summed E-state index contributed by atoms with van der Waals surface area (Å²) in [5.41, 5.74) is 2.61. The Morgan fingerprint density at radius 2 is 2.06 bits per heavy atom. The van der Waals surface area contributed by atoms with Crippen LogP contribution in [0.3, 0.4) is 0 Å². The molecular formula is C13H10N4S. The van der Waals surface area contributed by atoms with Crippen LogP contribution >= 0.6 is 11.3 Å². The third-order valence-corrected chi connectivity index (χ3v) is 3.34. The van der Waals surface area contributed by atoms with E-state index in [1.54, 1.807) is 29.5 Å². The molecule has 4 nitrogen and oxygen atoms in total. The molecule has 18 heavy (non-hydrogen) atoms. The maximum atomic E-state index is 8.92. The van der Waals surface area contributed by atoms with Crippen LogP contribution < -0.4 is 5.32 Å². The number of hydrogen-bond donors (Lipinski definition) is 1. The van der Waals surface area contributed by atoms with Gasteiger partial charge in [-0.2, -0.15) is 10.5 Å². The van der Waals surface area contributed by atoms with Gasteiger partial charge in [0.05, 0.1) is 17.7 Å². The van der Waals surface area contributed by atoms with Gasteiger partial charge < -0.3 is 5.32 Å². The van der Waals surface area contributed by atoms with Crippen molar-refractivity contribution in [2.75, 3.05) is 5.32 Å². The molecular weight excluding hydrogens is 244 g/mol. The van der Waals surface area contributed by atoms with Crippen molar-refractivity contribution < 1.29 is 0 Å². The van der Waals surface area contributed by atoms with E-state index in [4.69, 9.17) is 10.5 Å². The summed E-state index contributed by atoms with van der Waals surface area (Å²) < 4.78 is 0. The zero-order valence-corrected chi connectivity index (χ0v) is 10.6. The monoisotopic (exact) mass is 254 g/mol. The molecule has 88 valence electrons. The number of nitrogens with one attached hydrogen (secondary N) is 1. The van der Waals surface area contributed by atoms with Crippen molar-refractivity contribution in [3.63, 3.8) is 0 Å². The number of benzene rings is 1. The molecule has 0 bridgehead atoms. The Morgan fingerprint density at radius 3 is 2.67 bits per heavy atom. The molecule has 0 saturated heterocycles. The predicted octanol–water partition coefficient (Wildman–Crippen LogP) is 2.81. The summed E-state index contributed by atoms with van der Waals surface area (Å²) in [5, 5.41) is 23.9. The Balaban J connectivity index is 2.11. The molecule has 1 aromatic carbocycles. The molecule has 0 atom stereocenters. The highest BCUT2D eigenvalue weighted by molar-refractivity contribution is 7.09. The van der Waals surface area contributed by atoms with Gasteiger partial charge in [0.1, 0.15) is 17.1 Å². The van der Waals surface area contributed by atoms with E-state index in [-0.39, 0.29) is 0 Å². The van der Waals surface area contributed by atoms with Gasteiger partial charge in [-0.05, 0) is 25.1 Å². The van der Waals surface area contributed by atoms with Gasteiger partial charge in [-0.1, -0.05) is 0 Å². The molecule has 0 fully saturated rings. The second-order valence-electron chi connectivity index (χ2n) is 3.72. The molecule has 1 aromatic heterocycles. The minimum absolute atomic E-state index is 0.387. The number of rotatable bonds is 3. The van der Waals surface area contributed by atoms with Crippen molar-refractivity contribution in [3.8, 4) is 12.1 Å². The van der Waals surface area contributed by atoms with Crippen molar-refractivity contribution in [1.82, 2.24) is 4.98 Å². The minimum atomic E-state index is 0.387. The van der Waals surface area contributed by atoms with E-state index in [1.807, 2.05) is 24.4 Å². The number of thiazole rings is 1. The van der Waals surface area contributed by atoms with Crippen LogP contribution in [0.4, 0.5) is 5.69 Å². The minimum Gasteiger partial charge on any atom is -0.378 e. The van der Waals surface area contributed by atoms with E-state index in [2.05, 4.69) is 10.3 Å². The summed E-state index contributed by atoms with van der Waals surface area (Å²) >= 11 is 1.60. The van der Waals surface area contributed by atoms with Crippen LogP contribution in [-0.2, 0) is 6.54 Å². The van der Waals surface area contributed by atoms with Gasteiger partial charge in [0.25, 0.3) is 0 Å². The van der Waals surface area contributed by atoms with Crippen molar-refractivity contribution in [2.24, 2.45) is 0 Å². The molecule has 0 aliphatic rings. The third-order valence-electron chi connectivity index (χ3n) is 2.37. The van der Waals surface area contributed by atoms with Crippen LogP contribution in [-0.4, -0.2) is 4.98 Å². The highest BCUT2D eigenvalue weighted by atomic mass is 32.1. The zero-order chi connectivity index (χ0) is 13.0. The quantitative estimate of drug-likeness (QED) is 0.914. The lowest BCUT2D eigenvalue weighted by Gasteiger charge is -2.05. The normalized spacial score (nSPS) is 9.50. The van der Waals surface area contributed by atoms with E-state index < -0.39 is 0 Å². The first-order valence-corrected chi connectivity index (χ1v) is 6.20.